The van der Waals surface area contributed by atoms with E-state index in [0.29, 0.717) is 5.57 Å². The molecule has 0 amide bonds. The van der Waals surface area contributed by atoms with Crippen LogP contribution in [-0.2, 0) is 28.6 Å². The first kappa shape index (κ1) is 19.8. The number of aryl methyl sites for hydroxylation is 1. The van der Waals surface area contributed by atoms with E-state index < -0.39 is 31.1 Å². The number of Topliss-reactive ketones (excluding diaryl/α,β-unsaturated/α-hetero) is 1. The number of rotatable bonds is 4. The van der Waals surface area contributed by atoms with Crippen LogP contribution < -0.4 is 0 Å². The van der Waals surface area contributed by atoms with Crippen molar-refractivity contribution in [2.24, 2.45) is 10.8 Å². The van der Waals surface area contributed by atoms with Gasteiger partial charge in [-0.1, -0.05) is 47.1 Å². The number of benzene rings is 1. The summed E-state index contributed by atoms with van der Waals surface area (Å²) in [6.07, 6.45) is 1.54. The molecule has 2 heterocycles. The lowest BCUT2D eigenvalue weighted by Gasteiger charge is -2.68. The van der Waals surface area contributed by atoms with E-state index in [1.54, 1.807) is 19.1 Å². The first-order chi connectivity index (χ1) is 12.9. The van der Waals surface area contributed by atoms with Gasteiger partial charge in [0.15, 0.2) is 0 Å². The zero-order valence-electron chi connectivity index (χ0n) is 16.0. The van der Waals surface area contributed by atoms with Crippen molar-refractivity contribution in [3.05, 3.63) is 53.8 Å². The smallest absolute Gasteiger partial charge is 0.338 e. The Labute approximate surface area is 172 Å². The molecular weight excluding hydrogens is 448 g/mol. The van der Waals surface area contributed by atoms with Gasteiger partial charge in [-0.25, -0.2) is 0 Å². The number of ketones is 1. The number of carbonyl (C=O) groups is 1. The molecule has 4 unspecified atom stereocenters. The normalized spacial score (nSPS) is 39.2. The molecule has 3 fully saturated rings. The maximum absolute atomic E-state index is 13.3. The van der Waals surface area contributed by atoms with Crippen LogP contribution >= 0.6 is 15.9 Å². The summed E-state index contributed by atoms with van der Waals surface area (Å²) in [6, 6.07) is 6.34. The number of hydrogen-bond donors (Lipinski definition) is 0. The molecule has 0 radical (unpaired) electrons. The molecule has 0 N–H and O–H groups in total. The third-order valence-electron chi connectivity index (χ3n) is 6.54. The third kappa shape index (κ3) is 1.99. The van der Waals surface area contributed by atoms with E-state index in [1.165, 1.54) is 25.3 Å². The molecule has 2 aliphatic heterocycles. The lowest BCUT2D eigenvalue weighted by Crippen LogP contribution is -2.80. The van der Waals surface area contributed by atoms with Crippen LogP contribution in [0, 0.1) is 17.8 Å². The van der Waals surface area contributed by atoms with Crippen molar-refractivity contribution in [3.8, 4) is 0 Å². The third-order valence-corrected chi connectivity index (χ3v) is 9.26. The molecule has 3 aliphatic carbocycles. The zero-order valence-corrected chi connectivity index (χ0v) is 18.4. The number of methoxy groups -OCH3 is 1. The van der Waals surface area contributed by atoms with E-state index in [1.807, 2.05) is 13.8 Å². The number of allylic oxidation sites excluding steroid dienone is 1. The fourth-order valence-electron chi connectivity index (χ4n) is 4.53. The Bertz CT molecular complexity index is 1040. The molecule has 4 bridgehead atoms. The van der Waals surface area contributed by atoms with Crippen LogP contribution in [0.3, 0.4) is 0 Å². The van der Waals surface area contributed by atoms with E-state index in [9.17, 15) is 13.2 Å². The van der Waals surface area contributed by atoms with Crippen LogP contribution in [0.1, 0.15) is 19.4 Å². The van der Waals surface area contributed by atoms with Crippen LogP contribution in [0.2, 0.25) is 0 Å². The molecule has 6 nitrogen and oxygen atoms in total. The molecular formula is C20H21BrO6S. The average Bonchev–Trinajstić information content (AvgIpc) is 2.63. The fraction of sp³-hybridized carbons (Fsp3) is 0.450. The maximum Gasteiger partial charge on any atom is 0.338 e. The standard InChI is InChI=1S/C20H21BrO6S/c1-12-6-8-14(9-7-12)28(23,24)27-15-10-19(21)16(22)20(25-5)18(15,4)13(2)17(19,3)11-26-20/h6-10H,2,11H2,1,3-5H3. The average molecular weight is 469 g/mol. The summed E-state index contributed by atoms with van der Waals surface area (Å²) in [5, 5.41) is 0. The fourth-order valence-corrected chi connectivity index (χ4v) is 6.37. The number of hydrogen-bond acceptors (Lipinski definition) is 6. The molecule has 150 valence electrons. The van der Waals surface area contributed by atoms with Crippen molar-refractivity contribution in [2.75, 3.05) is 13.7 Å². The van der Waals surface area contributed by atoms with Crippen molar-refractivity contribution in [2.45, 2.75) is 35.8 Å². The van der Waals surface area contributed by atoms with Crippen LogP contribution in [0.4, 0.5) is 0 Å². The number of alkyl halides is 1. The number of fused-ring (bicyclic) bond motifs is 1. The predicted molar refractivity (Wildman–Crippen MR) is 105 cm³/mol. The van der Waals surface area contributed by atoms with Gasteiger partial charge in [0.2, 0.25) is 11.6 Å². The van der Waals surface area contributed by atoms with Gasteiger partial charge in [-0.05, 0) is 37.6 Å². The summed E-state index contributed by atoms with van der Waals surface area (Å²) >= 11 is 3.54. The van der Waals surface area contributed by atoms with Gasteiger partial charge in [0.25, 0.3) is 0 Å². The van der Waals surface area contributed by atoms with Crippen molar-refractivity contribution in [1.29, 1.82) is 0 Å². The van der Waals surface area contributed by atoms with E-state index in [-0.39, 0.29) is 23.0 Å². The Balaban J connectivity index is 1.89. The van der Waals surface area contributed by atoms with Gasteiger partial charge in [-0.3, -0.25) is 4.79 Å². The molecule has 5 aliphatic rings. The Kier molecular flexibility index (Phi) is 3.94. The van der Waals surface area contributed by atoms with Crippen LogP contribution in [0.5, 0.6) is 0 Å². The Morgan fingerprint density at radius 2 is 1.82 bits per heavy atom. The molecule has 8 heteroatoms. The molecule has 1 aromatic carbocycles. The van der Waals surface area contributed by atoms with Crippen molar-refractivity contribution in [3.63, 3.8) is 0 Å². The lowest BCUT2D eigenvalue weighted by molar-refractivity contribution is -0.307. The summed E-state index contributed by atoms with van der Waals surface area (Å²) in [7, 11) is -2.77. The Hall–Kier alpha value is -1.48. The highest BCUT2D eigenvalue weighted by atomic mass is 79.9. The topological polar surface area (TPSA) is 78.9 Å². The van der Waals surface area contributed by atoms with Crippen molar-refractivity contribution >= 4 is 31.8 Å². The van der Waals surface area contributed by atoms with E-state index >= 15 is 0 Å². The molecule has 2 saturated heterocycles. The summed E-state index contributed by atoms with van der Waals surface area (Å²) in [5.74, 6) is -1.97. The number of ether oxygens (including phenoxy) is 2. The van der Waals surface area contributed by atoms with Gasteiger partial charge < -0.3 is 13.7 Å². The van der Waals surface area contributed by atoms with Crippen LogP contribution in [-0.4, -0.2) is 38.0 Å². The highest BCUT2D eigenvalue weighted by Crippen LogP contribution is 2.72. The van der Waals surface area contributed by atoms with Crippen LogP contribution in [0.15, 0.2) is 53.1 Å². The molecule has 1 saturated carbocycles. The quantitative estimate of drug-likeness (QED) is 0.383. The summed E-state index contributed by atoms with van der Waals surface area (Å²) in [6.45, 7) is 9.81. The largest absolute Gasteiger partial charge is 0.383 e. The van der Waals surface area contributed by atoms with Gasteiger partial charge in [0.1, 0.15) is 20.4 Å². The SMILES string of the molecule is C=C1C2(C)COC3(OC)C(=O)C2(Br)C=C(OS(=O)(=O)c2ccc(C)cc2)C13C. The van der Waals surface area contributed by atoms with Crippen molar-refractivity contribution < 1.29 is 26.9 Å². The second-order valence-electron chi connectivity index (χ2n) is 7.95. The first-order valence-corrected chi connectivity index (χ1v) is 11.0. The Morgan fingerprint density at radius 1 is 1.21 bits per heavy atom. The van der Waals surface area contributed by atoms with Crippen molar-refractivity contribution in [1.82, 2.24) is 0 Å². The molecule has 0 aromatic heterocycles. The molecule has 1 aromatic rings. The summed E-state index contributed by atoms with van der Waals surface area (Å²) < 4.78 is 41.7. The zero-order chi connectivity index (χ0) is 20.8. The van der Waals surface area contributed by atoms with Gasteiger partial charge in [0, 0.05) is 12.5 Å². The minimum absolute atomic E-state index is 0.0216. The highest BCUT2D eigenvalue weighted by Gasteiger charge is 2.82. The maximum atomic E-state index is 13.3. The second kappa shape index (κ2) is 5.56. The summed E-state index contributed by atoms with van der Waals surface area (Å²) in [4.78, 5) is 13.3. The minimum Gasteiger partial charge on any atom is -0.383 e. The molecule has 4 atom stereocenters. The van der Waals surface area contributed by atoms with E-state index in [4.69, 9.17) is 13.7 Å². The van der Waals surface area contributed by atoms with E-state index in [0.717, 1.165) is 5.56 Å². The van der Waals surface area contributed by atoms with E-state index in [2.05, 4.69) is 22.5 Å². The van der Waals surface area contributed by atoms with Gasteiger partial charge in [0.05, 0.1) is 6.61 Å². The predicted octanol–water partition coefficient (Wildman–Crippen LogP) is 3.26. The van der Waals surface area contributed by atoms with Gasteiger partial charge >= 0.3 is 10.1 Å². The Morgan fingerprint density at radius 3 is 2.39 bits per heavy atom. The minimum atomic E-state index is -4.13. The highest BCUT2D eigenvalue weighted by molar-refractivity contribution is 9.10. The molecule has 6 rings (SSSR count). The summed E-state index contributed by atoms with van der Waals surface area (Å²) in [5.41, 5.74) is -0.503. The lowest BCUT2D eigenvalue weighted by atomic mass is 9.46. The van der Waals surface area contributed by atoms with Gasteiger partial charge in [-0.15, -0.1) is 0 Å². The molecule has 28 heavy (non-hydrogen) atoms. The molecule has 0 spiro atoms. The van der Waals surface area contributed by atoms with Gasteiger partial charge in [-0.2, -0.15) is 8.42 Å². The first-order valence-electron chi connectivity index (χ1n) is 8.76. The van der Waals surface area contributed by atoms with Crippen LogP contribution in [0.25, 0.3) is 0 Å². The second-order valence-corrected chi connectivity index (χ2v) is 10.7. The monoisotopic (exact) mass is 468 g/mol. The number of halogens is 1. The number of carbonyl (C=O) groups excluding carboxylic acids is 1.